The van der Waals surface area contributed by atoms with Crippen molar-refractivity contribution in [3.8, 4) is 5.75 Å². The monoisotopic (exact) mass is 279 g/mol. The maximum absolute atomic E-state index is 12.7. The second-order valence-electron chi connectivity index (χ2n) is 3.04. The van der Waals surface area contributed by atoms with Gasteiger partial charge in [0.05, 0.1) is 17.5 Å². The molecule has 0 fully saturated rings. The first kappa shape index (κ1) is 12.4. The van der Waals surface area contributed by atoms with E-state index in [0.29, 0.717) is 15.8 Å². The number of para-hydroxylation sites is 1. The highest BCUT2D eigenvalue weighted by atomic mass is 79.9. The molecule has 84 valence electrons. The van der Waals surface area contributed by atoms with E-state index in [9.17, 15) is 8.78 Å². The Balaban J connectivity index is 3.16. The van der Waals surface area contributed by atoms with E-state index in [0.717, 1.165) is 0 Å². The molecule has 1 unspecified atom stereocenters. The van der Waals surface area contributed by atoms with E-state index in [4.69, 9.17) is 10.5 Å². The lowest BCUT2D eigenvalue weighted by Crippen LogP contribution is -2.20. The molecule has 2 nitrogen and oxygen atoms in total. The maximum Gasteiger partial charge on any atom is 0.246 e. The maximum atomic E-state index is 12.7. The van der Waals surface area contributed by atoms with Crippen LogP contribution < -0.4 is 10.5 Å². The lowest BCUT2D eigenvalue weighted by atomic mass is 9.99. The van der Waals surface area contributed by atoms with Crippen LogP contribution in [0.15, 0.2) is 22.7 Å². The average molecular weight is 280 g/mol. The number of nitrogens with two attached hydrogens (primary N) is 1. The Labute approximate surface area is 95.5 Å². The number of alkyl halides is 2. The fraction of sp³-hybridized carbons (Fsp3) is 0.400. The number of hydrogen-bond donors (Lipinski definition) is 1. The van der Waals surface area contributed by atoms with Crippen molar-refractivity contribution >= 4 is 15.9 Å². The third-order valence-electron chi connectivity index (χ3n) is 2.16. The number of hydrogen-bond acceptors (Lipinski definition) is 2. The number of benzene rings is 1. The molecule has 2 N–H and O–H groups in total. The summed E-state index contributed by atoms with van der Waals surface area (Å²) in [7, 11) is 1.45. The van der Waals surface area contributed by atoms with E-state index in [1.165, 1.54) is 7.11 Å². The van der Waals surface area contributed by atoms with Crippen molar-refractivity contribution in [1.82, 2.24) is 0 Å². The van der Waals surface area contributed by atoms with Gasteiger partial charge in [-0.3, -0.25) is 0 Å². The molecule has 0 aliphatic heterocycles. The smallest absolute Gasteiger partial charge is 0.246 e. The molecule has 0 aliphatic carbocycles. The SMILES string of the molecule is COc1c(Br)cccc1C(CN)C(F)F. The summed E-state index contributed by atoms with van der Waals surface area (Å²) in [5.74, 6) is -0.564. The molecule has 0 saturated heterocycles. The van der Waals surface area contributed by atoms with E-state index >= 15 is 0 Å². The third kappa shape index (κ3) is 2.66. The predicted molar refractivity (Wildman–Crippen MR) is 58.5 cm³/mol. The van der Waals surface area contributed by atoms with Crippen molar-refractivity contribution in [2.75, 3.05) is 13.7 Å². The van der Waals surface area contributed by atoms with E-state index in [-0.39, 0.29) is 6.54 Å². The van der Waals surface area contributed by atoms with Crippen LogP contribution in [0.3, 0.4) is 0 Å². The first-order valence-corrected chi connectivity index (χ1v) is 5.21. The Hall–Kier alpha value is -0.680. The Morgan fingerprint density at radius 1 is 1.47 bits per heavy atom. The lowest BCUT2D eigenvalue weighted by Gasteiger charge is -2.18. The number of ether oxygens (including phenoxy) is 1. The normalized spacial score (nSPS) is 12.9. The zero-order valence-corrected chi connectivity index (χ0v) is 9.80. The van der Waals surface area contributed by atoms with Crippen molar-refractivity contribution in [2.24, 2.45) is 5.73 Å². The highest BCUT2D eigenvalue weighted by Crippen LogP contribution is 2.35. The van der Waals surface area contributed by atoms with E-state index in [2.05, 4.69) is 15.9 Å². The molecule has 0 spiro atoms. The van der Waals surface area contributed by atoms with Crippen LogP contribution in [-0.4, -0.2) is 20.1 Å². The van der Waals surface area contributed by atoms with Crippen molar-refractivity contribution in [3.63, 3.8) is 0 Å². The molecule has 0 aromatic heterocycles. The van der Waals surface area contributed by atoms with Gasteiger partial charge < -0.3 is 10.5 Å². The average Bonchev–Trinajstić information content (AvgIpc) is 2.18. The Kier molecular flexibility index (Phi) is 4.47. The Morgan fingerprint density at radius 2 is 2.13 bits per heavy atom. The van der Waals surface area contributed by atoms with Crippen LogP contribution in [0.1, 0.15) is 11.5 Å². The van der Waals surface area contributed by atoms with Crippen molar-refractivity contribution in [1.29, 1.82) is 0 Å². The molecule has 1 aromatic rings. The fourth-order valence-electron chi connectivity index (χ4n) is 1.40. The molecule has 1 aromatic carbocycles. The zero-order chi connectivity index (χ0) is 11.4. The molecule has 0 radical (unpaired) electrons. The topological polar surface area (TPSA) is 35.2 Å². The first-order chi connectivity index (χ1) is 7.11. The molecule has 1 rings (SSSR count). The van der Waals surface area contributed by atoms with Crippen molar-refractivity contribution in [2.45, 2.75) is 12.3 Å². The van der Waals surface area contributed by atoms with Gasteiger partial charge in [-0.25, -0.2) is 8.78 Å². The molecule has 15 heavy (non-hydrogen) atoms. The van der Waals surface area contributed by atoms with Crippen molar-refractivity contribution in [3.05, 3.63) is 28.2 Å². The van der Waals surface area contributed by atoms with Gasteiger partial charge in [-0.05, 0) is 22.0 Å². The summed E-state index contributed by atoms with van der Waals surface area (Å²) in [6.07, 6.45) is -2.49. The summed E-state index contributed by atoms with van der Waals surface area (Å²) in [6.45, 7) is -0.107. The second kappa shape index (κ2) is 5.42. The third-order valence-corrected chi connectivity index (χ3v) is 2.78. The van der Waals surface area contributed by atoms with Crippen LogP contribution in [0, 0.1) is 0 Å². The molecule has 1 atom stereocenters. The molecule has 0 saturated carbocycles. The van der Waals surface area contributed by atoms with Crippen LogP contribution in [-0.2, 0) is 0 Å². The van der Waals surface area contributed by atoms with Gasteiger partial charge in [-0.1, -0.05) is 12.1 Å². The van der Waals surface area contributed by atoms with Crippen LogP contribution in [0.2, 0.25) is 0 Å². The van der Waals surface area contributed by atoms with Gasteiger partial charge in [0.2, 0.25) is 6.43 Å². The van der Waals surface area contributed by atoms with E-state index in [1.807, 2.05) is 0 Å². The molecular weight excluding hydrogens is 268 g/mol. The minimum atomic E-state index is -2.49. The summed E-state index contributed by atoms with van der Waals surface area (Å²) in [4.78, 5) is 0. The standard InChI is InChI=1S/C10H12BrF2NO/c1-15-9-6(3-2-4-8(9)11)7(5-14)10(12)13/h2-4,7,10H,5,14H2,1H3. The van der Waals surface area contributed by atoms with Crippen LogP contribution >= 0.6 is 15.9 Å². The van der Waals surface area contributed by atoms with Crippen LogP contribution in [0.5, 0.6) is 5.75 Å². The van der Waals surface area contributed by atoms with Gasteiger partial charge in [-0.2, -0.15) is 0 Å². The molecule has 0 heterocycles. The summed E-state index contributed by atoms with van der Waals surface area (Å²) in [6, 6.07) is 5.03. The lowest BCUT2D eigenvalue weighted by molar-refractivity contribution is 0.115. The quantitative estimate of drug-likeness (QED) is 0.920. The highest BCUT2D eigenvalue weighted by molar-refractivity contribution is 9.10. The Bertz CT molecular complexity index is 333. The highest BCUT2D eigenvalue weighted by Gasteiger charge is 2.24. The number of halogens is 3. The summed E-state index contributed by atoms with van der Waals surface area (Å²) < 4.78 is 31.1. The zero-order valence-electron chi connectivity index (χ0n) is 8.21. The van der Waals surface area contributed by atoms with E-state index in [1.54, 1.807) is 18.2 Å². The summed E-state index contributed by atoms with van der Waals surface area (Å²) in [5.41, 5.74) is 5.76. The van der Waals surface area contributed by atoms with Gasteiger partial charge >= 0.3 is 0 Å². The largest absolute Gasteiger partial charge is 0.495 e. The van der Waals surface area contributed by atoms with Gasteiger partial charge in [0.1, 0.15) is 5.75 Å². The van der Waals surface area contributed by atoms with Gasteiger partial charge in [0.25, 0.3) is 0 Å². The molecule has 5 heteroatoms. The molecular formula is C10H12BrF2NO. The summed E-state index contributed by atoms with van der Waals surface area (Å²) >= 11 is 3.24. The van der Waals surface area contributed by atoms with Crippen molar-refractivity contribution < 1.29 is 13.5 Å². The van der Waals surface area contributed by atoms with Gasteiger partial charge in [0, 0.05) is 12.1 Å². The second-order valence-corrected chi connectivity index (χ2v) is 3.89. The molecule has 0 bridgehead atoms. The van der Waals surface area contributed by atoms with E-state index < -0.39 is 12.3 Å². The Morgan fingerprint density at radius 3 is 2.60 bits per heavy atom. The minimum absolute atomic E-state index is 0.107. The minimum Gasteiger partial charge on any atom is -0.495 e. The van der Waals surface area contributed by atoms with Crippen LogP contribution in [0.25, 0.3) is 0 Å². The van der Waals surface area contributed by atoms with Gasteiger partial charge in [0.15, 0.2) is 0 Å². The predicted octanol–water partition coefficient (Wildman–Crippen LogP) is 2.77. The molecule has 0 amide bonds. The van der Waals surface area contributed by atoms with Gasteiger partial charge in [-0.15, -0.1) is 0 Å². The molecule has 0 aliphatic rings. The van der Waals surface area contributed by atoms with Crippen LogP contribution in [0.4, 0.5) is 8.78 Å². The summed E-state index contributed by atoms with van der Waals surface area (Å²) in [5, 5.41) is 0. The first-order valence-electron chi connectivity index (χ1n) is 4.42. The number of rotatable bonds is 4. The number of methoxy groups -OCH3 is 1. The fourth-order valence-corrected chi connectivity index (χ4v) is 1.94.